The molecule has 198 valence electrons. The Morgan fingerprint density at radius 1 is 0.676 bits per heavy atom. The standard InChI is InChI=1S/C28H52N2O4/c1-26(2)19-22(17-18-29(26)7)33-24(31)15-13-11-9-10-12-14-16-25(32)34-23-20-27(3,4)30(8)28(5,6)21-23/h22-23H,9-21H2,1-8H3. The van der Waals surface area contributed by atoms with Crippen LogP contribution in [-0.4, -0.2) is 71.2 Å². The molecule has 0 radical (unpaired) electrons. The van der Waals surface area contributed by atoms with Crippen LogP contribution in [0.1, 0.15) is 119 Å². The Kier molecular flexibility index (Phi) is 10.4. The van der Waals surface area contributed by atoms with Crippen LogP contribution in [0.4, 0.5) is 0 Å². The Labute approximate surface area is 209 Å². The summed E-state index contributed by atoms with van der Waals surface area (Å²) < 4.78 is 11.6. The van der Waals surface area contributed by atoms with E-state index in [1.165, 1.54) is 0 Å². The van der Waals surface area contributed by atoms with Gasteiger partial charge in [0, 0.05) is 55.3 Å². The molecule has 1 atom stereocenters. The van der Waals surface area contributed by atoms with Crippen LogP contribution in [0.25, 0.3) is 0 Å². The van der Waals surface area contributed by atoms with Gasteiger partial charge in [0.1, 0.15) is 12.2 Å². The lowest BCUT2D eigenvalue weighted by Crippen LogP contribution is -2.60. The number of hydrogen-bond acceptors (Lipinski definition) is 6. The molecule has 1 unspecified atom stereocenters. The number of likely N-dealkylation sites (tertiary alicyclic amines) is 2. The molecule has 0 N–H and O–H groups in total. The fraction of sp³-hybridized carbons (Fsp3) is 0.929. The molecule has 0 aromatic carbocycles. The number of rotatable bonds is 11. The summed E-state index contributed by atoms with van der Waals surface area (Å²) in [5, 5.41) is 0. The van der Waals surface area contributed by atoms with Crippen molar-refractivity contribution in [2.75, 3.05) is 20.6 Å². The summed E-state index contributed by atoms with van der Waals surface area (Å²) in [5.74, 6) is -0.102. The highest BCUT2D eigenvalue weighted by Gasteiger charge is 2.44. The number of esters is 2. The van der Waals surface area contributed by atoms with Crippen LogP contribution in [-0.2, 0) is 19.1 Å². The zero-order valence-corrected chi connectivity index (χ0v) is 23.4. The minimum atomic E-state index is -0.0546. The molecule has 0 spiro atoms. The summed E-state index contributed by atoms with van der Waals surface area (Å²) in [5.41, 5.74) is 0.154. The third-order valence-corrected chi connectivity index (χ3v) is 8.43. The molecule has 2 rings (SSSR count). The molecule has 0 aliphatic carbocycles. The van der Waals surface area contributed by atoms with E-state index in [1.807, 2.05) is 0 Å². The summed E-state index contributed by atoms with van der Waals surface area (Å²) in [6, 6.07) is 0. The van der Waals surface area contributed by atoms with Gasteiger partial charge >= 0.3 is 11.9 Å². The van der Waals surface area contributed by atoms with Gasteiger partial charge in [0.05, 0.1) is 0 Å². The number of nitrogens with zero attached hydrogens (tertiary/aromatic N) is 2. The van der Waals surface area contributed by atoms with Crippen molar-refractivity contribution < 1.29 is 19.1 Å². The second-order valence-electron chi connectivity index (χ2n) is 12.7. The summed E-state index contributed by atoms with van der Waals surface area (Å²) >= 11 is 0. The van der Waals surface area contributed by atoms with Crippen molar-refractivity contribution in [3.05, 3.63) is 0 Å². The van der Waals surface area contributed by atoms with E-state index in [2.05, 4.69) is 65.4 Å². The first-order chi connectivity index (χ1) is 15.7. The van der Waals surface area contributed by atoms with E-state index in [0.717, 1.165) is 70.8 Å². The van der Waals surface area contributed by atoms with Crippen molar-refractivity contribution in [3.63, 3.8) is 0 Å². The monoisotopic (exact) mass is 480 g/mol. The van der Waals surface area contributed by atoms with Crippen molar-refractivity contribution in [1.29, 1.82) is 0 Å². The summed E-state index contributed by atoms with van der Waals surface area (Å²) in [6.07, 6.45) is 10.7. The van der Waals surface area contributed by atoms with E-state index in [0.29, 0.717) is 12.8 Å². The first kappa shape index (κ1) is 29.1. The Morgan fingerprint density at radius 2 is 1.09 bits per heavy atom. The second-order valence-corrected chi connectivity index (χ2v) is 12.7. The van der Waals surface area contributed by atoms with E-state index < -0.39 is 0 Å². The quantitative estimate of drug-likeness (QED) is 0.278. The predicted molar refractivity (Wildman–Crippen MR) is 138 cm³/mol. The zero-order chi connectivity index (χ0) is 25.6. The van der Waals surface area contributed by atoms with E-state index in [1.54, 1.807) is 0 Å². The molecule has 0 amide bonds. The van der Waals surface area contributed by atoms with Crippen molar-refractivity contribution in [2.24, 2.45) is 0 Å². The highest BCUT2D eigenvalue weighted by atomic mass is 16.5. The molecule has 0 aromatic rings. The Bertz CT molecular complexity index is 655. The van der Waals surface area contributed by atoms with Crippen molar-refractivity contribution in [1.82, 2.24) is 9.80 Å². The summed E-state index contributed by atoms with van der Waals surface area (Å²) in [6.45, 7) is 14.3. The molecule has 6 heteroatoms. The van der Waals surface area contributed by atoms with E-state index in [-0.39, 0.29) is 40.8 Å². The van der Waals surface area contributed by atoms with Crippen LogP contribution < -0.4 is 0 Å². The molecule has 2 heterocycles. The largest absolute Gasteiger partial charge is 0.462 e. The number of hydrogen-bond donors (Lipinski definition) is 0. The maximum Gasteiger partial charge on any atom is 0.306 e. The van der Waals surface area contributed by atoms with Crippen molar-refractivity contribution >= 4 is 11.9 Å². The maximum atomic E-state index is 12.4. The summed E-state index contributed by atoms with van der Waals surface area (Å²) in [7, 11) is 4.30. The van der Waals surface area contributed by atoms with Gasteiger partial charge in [-0.1, -0.05) is 25.7 Å². The molecule has 0 saturated carbocycles. The van der Waals surface area contributed by atoms with E-state index in [9.17, 15) is 9.59 Å². The number of ether oxygens (including phenoxy) is 2. The van der Waals surface area contributed by atoms with Crippen LogP contribution in [0.5, 0.6) is 0 Å². The minimum Gasteiger partial charge on any atom is -0.462 e. The van der Waals surface area contributed by atoms with Crippen LogP contribution >= 0.6 is 0 Å². The van der Waals surface area contributed by atoms with Crippen LogP contribution in [0, 0.1) is 0 Å². The Balaban J connectivity index is 1.50. The van der Waals surface area contributed by atoms with E-state index >= 15 is 0 Å². The molecule has 2 saturated heterocycles. The molecule has 34 heavy (non-hydrogen) atoms. The van der Waals surface area contributed by atoms with Gasteiger partial charge in [-0.25, -0.2) is 0 Å². The molecular weight excluding hydrogens is 428 g/mol. The number of carbonyl (C=O) groups is 2. The van der Waals surface area contributed by atoms with Gasteiger partial charge in [-0.3, -0.25) is 14.5 Å². The van der Waals surface area contributed by atoms with Gasteiger partial charge in [0.2, 0.25) is 0 Å². The fourth-order valence-corrected chi connectivity index (χ4v) is 5.65. The van der Waals surface area contributed by atoms with Gasteiger partial charge in [-0.2, -0.15) is 0 Å². The van der Waals surface area contributed by atoms with E-state index in [4.69, 9.17) is 9.47 Å². The smallest absolute Gasteiger partial charge is 0.306 e. The maximum absolute atomic E-state index is 12.4. The highest BCUT2D eigenvalue weighted by Crippen LogP contribution is 2.38. The first-order valence-corrected chi connectivity index (χ1v) is 13.6. The Morgan fingerprint density at radius 3 is 1.56 bits per heavy atom. The zero-order valence-electron chi connectivity index (χ0n) is 23.4. The number of carbonyl (C=O) groups excluding carboxylic acids is 2. The average Bonchev–Trinajstić information content (AvgIpc) is 2.70. The second kappa shape index (κ2) is 12.2. The third kappa shape index (κ3) is 8.82. The van der Waals surface area contributed by atoms with Crippen LogP contribution in [0.2, 0.25) is 0 Å². The SMILES string of the molecule is CN1CCC(OC(=O)CCCCCCCCC(=O)OC2CC(C)(C)N(C)C(C)(C)C2)CC1(C)C. The van der Waals surface area contributed by atoms with Gasteiger partial charge in [-0.05, 0) is 74.9 Å². The summed E-state index contributed by atoms with van der Waals surface area (Å²) in [4.78, 5) is 29.3. The first-order valence-electron chi connectivity index (χ1n) is 13.6. The number of piperidine rings is 2. The lowest BCUT2D eigenvalue weighted by Gasteiger charge is -2.53. The van der Waals surface area contributed by atoms with Gasteiger partial charge in [-0.15, -0.1) is 0 Å². The topological polar surface area (TPSA) is 59.1 Å². The third-order valence-electron chi connectivity index (χ3n) is 8.43. The van der Waals surface area contributed by atoms with Crippen molar-refractivity contribution in [2.45, 2.75) is 147 Å². The van der Waals surface area contributed by atoms with Crippen molar-refractivity contribution in [3.8, 4) is 0 Å². The molecule has 0 aromatic heterocycles. The van der Waals surface area contributed by atoms with Gasteiger partial charge in [0.15, 0.2) is 0 Å². The Hall–Kier alpha value is -1.14. The van der Waals surface area contributed by atoms with Gasteiger partial charge < -0.3 is 14.4 Å². The lowest BCUT2D eigenvalue weighted by atomic mass is 9.79. The van der Waals surface area contributed by atoms with Gasteiger partial charge in [0.25, 0.3) is 0 Å². The predicted octanol–water partition coefficient (Wildman–Crippen LogP) is 5.72. The molecule has 0 bridgehead atoms. The lowest BCUT2D eigenvalue weighted by molar-refractivity contribution is -0.159. The number of unbranched alkanes of at least 4 members (excludes halogenated alkanes) is 5. The fourth-order valence-electron chi connectivity index (χ4n) is 5.65. The highest BCUT2D eigenvalue weighted by molar-refractivity contribution is 5.69. The van der Waals surface area contributed by atoms with Crippen LogP contribution in [0.15, 0.2) is 0 Å². The molecule has 6 nitrogen and oxygen atoms in total. The molecule has 2 aliphatic heterocycles. The molecule has 2 fully saturated rings. The molecular formula is C28H52N2O4. The van der Waals surface area contributed by atoms with Crippen LogP contribution in [0.3, 0.4) is 0 Å². The molecule has 2 aliphatic rings. The average molecular weight is 481 g/mol. The minimum absolute atomic E-state index is 0.00838. The normalized spacial score (nSPS) is 25.1.